The van der Waals surface area contributed by atoms with Crippen molar-refractivity contribution in [3.8, 4) is 0 Å². The summed E-state index contributed by atoms with van der Waals surface area (Å²) < 4.78 is 0. The average Bonchev–Trinajstić information content (AvgIpc) is 2.60. The third-order valence-corrected chi connectivity index (χ3v) is 4.15. The number of anilines is 1. The Kier molecular flexibility index (Phi) is 6.42. The summed E-state index contributed by atoms with van der Waals surface area (Å²) in [6, 6.07) is 14.7. The molecule has 0 radical (unpaired) electrons. The van der Waals surface area contributed by atoms with Crippen molar-refractivity contribution in [1.29, 1.82) is 0 Å². The van der Waals surface area contributed by atoms with Crippen molar-refractivity contribution in [2.24, 2.45) is 0 Å². The summed E-state index contributed by atoms with van der Waals surface area (Å²) in [4.78, 5) is 27.9. The number of likely N-dealkylation sites (N-methyl/N-ethyl adjacent to an activating group) is 1. The lowest BCUT2D eigenvalue weighted by Crippen LogP contribution is -2.37. The summed E-state index contributed by atoms with van der Waals surface area (Å²) in [5.41, 5.74) is 2.49. The maximum absolute atomic E-state index is 12.2. The van der Waals surface area contributed by atoms with Crippen LogP contribution in [0.15, 0.2) is 48.5 Å². The number of halogens is 1. The Morgan fingerprint density at radius 2 is 1.64 bits per heavy atom. The third kappa shape index (κ3) is 5.22. The van der Waals surface area contributed by atoms with E-state index in [1.807, 2.05) is 43.3 Å². The molecule has 0 aliphatic carbocycles. The molecule has 0 aliphatic rings. The minimum absolute atomic E-state index is 0.0731. The summed E-state index contributed by atoms with van der Waals surface area (Å²) in [5.74, 6) is -0.528. The minimum atomic E-state index is -0.359. The Bertz CT molecular complexity index is 745. The number of amides is 2. The first kappa shape index (κ1) is 18.8. The number of hydrogen-bond acceptors (Lipinski definition) is 3. The molecule has 0 saturated carbocycles. The molecular formula is C19H22ClN3O2. The maximum atomic E-state index is 12.2. The first-order chi connectivity index (χ1) is 11.9. The van der Waals surface area contributed by atoms with Crippen molar-refractivity contribution in [2.45, 2.75) is 6.54 Å². The van der Waals surface area contributed by atoms with Gasteiger partial charge in [0.2, 0.25) is 5.91 Å². The number of nitrogens with one attached hydrogen (secondary N) is 1. The second kappa shape index (κ2) is 8.53. The van der Waals surface area contributed by atoms with Gasteiger partial charge in [0.25, 0.3) is 5.91 Å². The molecule has 6 heteroatoms. The van der Waals surface area contributed by atoms with E-state index in [2.05, 4.69) is 5.32 Å². The highest BCUT2D eigenvalue weighted by atomic mass is 35.5. The quantitative estimate of drug-likeness (QED) is 0.862. The predicted octanol–water partition coefficient (Wildman–Crippen LogP) is 2.79. The van der Waals surface area contributed by atoms with Gasteiger partial charge in [0.05, 0.1) is 17.1 Å². The number of carbonyl (C=O) groups is 2. The molecule has 0 spiro atoms. The summed E-state index contributed by atoms with van der Waals surface area (Å²) in [6.07, 6.45) is 0. The van der Waals surface area contributed by atoms with Gasteiger partial charge in [-0.2, -0.15) is 0 Å². The highest BCUT2D eigenvalue weighted by molar-refractivity contribution is 6.33. The summed E-state index contributed by atoms with van der Waals surface area (Å²) in [5, 5.41) is 2.97. The number of benzene rings is 2. The molecule has 132 valence electrons. The van der Waals surface area contributed by atoms with Crippen LogP contribution >= 0.6 is 11.6 Å². The Morgan fingerprint density at radius 1 is 1.00 bits per heavy atom. The van der Waals surface area contributed by atoms with Gasteiger partial charge in [-0.05, 0) is 29.8 Å². The largest absolute Gasteiger partial charge is 0.378 e. The first-order valence-electron chi connectivity index (χ1n) is 7.91. The fourth-order valence-corrected chi connectivity index (χ4v) is 2.51. The molecule has 0 aliphatic heterocycles. The highest BCUT2D eigenvalue weighted by Gasteiger charge is 2.13. The fraction of sp³-hybridized carbons (Fsp3) is 0.263. The van der Waals surface area contributed by atoms with Crippen LogP contribution in [0.2, 0.25) is 5.02 Å². The van der Waals surface area contributed by atoms with E-state index in [1.165, 1.54) is 0 Å². The molecule has 0 bridgehead atoms. The smallest absolute Gasteiger partial charge is 0.253 e. The maximum Gasteiger partial charge on any atom is 0.253 e. The van der Waals surface area contributed by atoms with Crippen molar-refractivity contribution in [1.82, 2.24) is 10.2 Å². The van der Waals surface area contributed by atoms with Crippen molar-refractivity contribution in [3.05, 3.63) is 64.7 Å². The van der Waals surface area contributed by atoms with Crippen LogP contribution in [0.4, 0.5) is 5.69 Å². The van der Waals surface area contributed by atoms with Crippen molar-refractivity contribution >= 4 is 29.1 Å². The standard InChI is InChI=1S/C19H22ClN3O2/c1-22(2)15-10-8-14(9-11-15)13-23(3)18(24)12-21-19(25)16-6-4-5-7-17(16)20/h4-11H,12-13H2,1-3H3,(H,21,25). The first-order valence-corrected chi connectivity index (χ1v) is 8.29. The van der Waals surface area contributed by atoms with Crippen LogP contribution < -0.4 is 10.2 Å². The van der Waals surface area contributed by atoms with Crippen molar-refractivity contribution < 1.29 is 9.59 Å². The number of hydrogen-bond donors (Lipinski definition) is 1. The summed E-state index contributed by atoms with van der Waals surface area (Å²) >= 11 is 5.98. The van der Waals surface area contributed by atoms with Gasteiger partial charge >= 0.3 is 0 Å². The highest BCUT2D eigenvalue weighted by Crippen LogP contribution is 2.15. The topological polar surface area (TPSA) is 52.6 Å². The van der Waals surface area contributed by atoms with Crippen LogP contribution in [0.25, 0.3) is 0 Å². The zero-order chi connectivity index (χ0) is 18.4. The molecular weight excluding hydrogens is 338 g/mol. The monoisotopic (exact) mass is 359 g/mol. The molecule has 0 atom stereocenters. The van der Waals surface area contributed by atoms with Crippen LogP contribution in [-0.4, -0.2) is 44.4 Å². The Balaban J connectivity index is 1.88. The Morgan fingerprint density at radius 3 is 2.24 bits per heavy atom. The van der Waals surface area contributed by atoms with E-state index in [1.54, 1.807) is 36.2 Å². The van der Waals surface area contributed by atoms with Gasteiger partial charge in [-0.3, -0.25) is 9.59 Å². The molecule has 2 aromatic carbocycles. The molecule has 0 fully saturated rings. The summed E-state index contributed by atoms with van der Waals surface area (Å²) in [6.45, 7) is 0.408. The number of rotatable bonds is 6. The van der Waals surface area contributed by atoms with E-state index in [-0.39, 0.29) is 18.4 Å². The predicted molar refractivity (Wildman–Crippen MR) is 101 cm³/mol. The van der Waals surface area contributed by atoms with Gasteiger partial charge < -0.3 is 15.1 Å². The van der Waals surface area contributed by atoms with Gasteiger partial charge in [-0.25, -0.2) is 0 Å². The van der Waals surface area contributed by atoms with Crippen molar-refractivity contribution in [2.75, 3.05) is 32.6 Å². The Labute approximate surface area is 153 Å². The molecule has 5 nitrogen and oxygen atoms in total. The van der Waals surface area contributed by atoms with Crippen LogP contribution in [0.1, 0.15) is 15.9 Å². The van der Waals surface area contributed by atoms with Crippen LogP contribution in [-0.2, 0) is 11.3 Å². The lowest BCUT2D eigenvalue weighted by molar-refractivity contribution is -0.129. The molecule has 0 unspecified atom stereocenters. The van der Waals surface area contributed by atoms with E-state index in [0.717, 1.165) is 11.3 Å². The fourth-order valence-electron chi connectivity index (χ4n) is 2.29. The molecule has 2 amide bonds. The number of carbonyl (C=O) groups excluding carboxylic acids is 2. The van der Waals surface area contributed by atoms with E-state index in [9.17, 15) is 9.59 Å². The molecule has 0 aromatic heterocycles. The second-order valence-corrected chi connectivity index (χ2v) is 6.38. The van der Waals surface area contributed by atoms with Crippen molar-refractivity contribution in [3.63, 3.8) is 0 Å². The van der Waals surface area contributed by atoms with Gasteiger partial charge in [-0.15, -0.1) is 0 Å². The lowest BCUT2D eigenvalue weighted by atomic mass is 10.2. The van der Waals surface area contributed by atoms with Gasteiger partial charge in [0.15, 0.2) is 0 Å². The lowest BCUT2D eigenvalue weighted by Gasteiger charge is -2.19. The van der Waals surface area contributed by atoms with Gasteiger partial charge in [-0.1, -0.05) is 35.9 Å². The molecule has 0 heterocycles. The minimum Gasteiger partial charge on any atom is -0.378 e. The normalized spacial score (nSPS) is 10.2. The van der Waals surface area contributed by atoms with E-state index >= 15 is 0 Å². The van der Waals surface area contributed by atoms with E-state index < -0.39 is 0 Å². The van der Waals surface area contributed by atoms with Crippen LogP contribution in [0.5, 0.6) is 0 Å². The molecule has 2 rings (SSSR count). The molecule has 1 N–H and O–H groups in total. The van der Waals surface area contributed by atoms with Crippen LogP contribution in [0, 0.1) is 0 Å². The zero-order valence-electron chi connectivity index (χ0n) is 14.6. The SMILES string of the molecule is CN(Cc1ccc(N(C)C)cc1)C(=O)CNC(=O)c1ccccc1Cl. The van der Waals surface area contributed by atoms with E-state index in [0.29, 0.717) is 17.1 Å². The summed E-state index contributed by atoms with van der Waals surface area (Å²) in [7, 11) is 5.67. The van der Waals surface area contributed by atoms with Crippen LogP contribution in [0.3, 0.4) is 0 Å². The average molecular weight is 360 g/mol. The Hall–Kier alpha value is -2.53. The number of nitrogens with zero attached hydrogens (tertiary/aromatic N) is 2. The molecule has 0 saturated heterocycles. The molecule has 25 heavy (non-hydrogen) atoms. The van der Waals surface area contributed by atoms with Gasteiger partial charge in [0, 0.05) is 33.4 Å². The second-order valence-electron chi connectivity index (χ2n) is 5.97. The molecule has 2 aromatic rings. The van der Waals surface area contributed by atoms with Gasteiger partial charge in [0.1, 0.15) is 0 Å². The zero-order valence-corrected chi connectivity index (χ0v) is 15.4. The van der Waals surface area contributed by atoms with E-state index in [4.69, 9.17) is 11.6 Å². The third-order valence-electron chi connectivity index (χ3n) is 3.82.